The third-order valence-corrected chi connectivity index (χ3v) is 6.22. The normalized spacial score (nSPS) is 19.0. The summed E-state index contributed by atoms with van der Waals surface area (Å²) in [6.45, 7) is 5.38. The van der Waals surface area contributed by atoms with Gasteiger partial charge in [-0.05, 0) is 29.4 Å². The fraction of sp³-hybridized carbons (Fsp3) is 0.500. The standard InChI is InChI=1S/C16H20ClN3O2S/c1-10(2)13-7-19-16(14-8-18-15(17)6-12(13)14)20-5-4-11(9-20)23(3,21)22/h6-8,10-11H,4-5,9H2,1-3H3/t11-/m1/s1. The predicted octanol–water partition coefficient (Wildman–Crippen LogP) is 3.03. The maximum Gasteiger partial charge on any atom is 0.152 e. The quantitative estimate of drug-likeness (QED) is 0.793. The molecule has 1 aliphatic rings. The van der Waals surface area contributed by atoms with Crippen molar-refractivity contribution in [2.75, 3.05) is 24.2 Å². The second-order valence-electron chi connectivity index (χ2n) is 6.43. The number of anilines is 1. The second-order valence-corrected chi connectivity index (χ2v) is 9.14. The molecule has 5 nitrogen and oxygen atoms in total. The monoisotopic (exact) mass is 353 g/mol. The number of fused-ring (bicyclic) bond motifs is 1. The summed E-state index contributed by atoms with van der Waals surface area (Å²) in [6.07, 6.45) is 5.54. The molecular weight excluding hydrogens is 334 g/mol. The number of hydrogen-bond acceptors (Lipinski definition) is 5. The lowest BCUT2D eigenvalue weighted by molar-refractivity contribution is 0.589. The van der Waals surface area contributed by atoms with Crippen molar-refractivity contribution < 1.29 is 8.42 Å². The summed E-state index contributed by atoms with van der Waals surface area (Å²) in [5, 5.41) is 2.08. The molecular formula is C16H20ClN3O2S. The Morgan fingerprint density at radius 1 is 1.26 bits per heavy atom. The largest absolute Gasteiger partial charge is 0.355 e. The van der Waals surface area contributed by atoms with Crippen LogP contribution in [-0.4, -0.2) is 43.0 Å². The van der Waals surface area contributed by atoms with Gasteiger partial charge in [0.05, 0.1) is 5.25 Å². The van der Waals surface area contributed by atoms with E-state index in [0.29, 0.717) is 30.6 Å². The highest BCUT2D eigenvalue weighted by Gasteiger charge is 2.31. The molecule has 0 amide bonds. The van der Waals surface area contributed by atoms with Crippen molar-refractivity contribution in [2.24, 2.45) is 0 Å². The molecule has 2 aromatic rings. The molecule has 23 heavy (non-hydrogen) atoms. The smallest absolute Gasteiger partial charge is 0.152 e. The van der Waals surface area contributed by atoms with Crippen molar-refractivity contribution in [1.29, 1.82) is 0 Å². The Labute approximate surface area is 141 Å². The van der Waals surface area contributed by atoms with E-state index in [-0.39, 0.29) is 5.25 Å². The van der Waals surface area contributed by atoms with Crippen LogP contribution in [0.25, 0.3) is 10.8 Å². The molecule has 1 fully saturated rings. The number of sulfone groups is 1. The average Bonchev–Trinajstić information content (AvgIpc) is 2.95. The van der Waals surface area contributed by atoms with Crippen LogP contribution in [0.5, 0.6) is 0 Å². The van der Waals surface area contributed by atoms with E-state index >= 15 is 0 Å². The number of rotatable bonds is 3. The Bertz CT molecular complexity index is 852. The minimum atomic E-state index is -3.03. The van der Waals surface area contributed by atoms with Gasteiger partial charge in [0.2, 0.25) is 0 Å². The summed E-state index contributed by atoms with van der Waals surface area (Å²) >= 11 is 6.07. The summed E-state index contributed by atoms with van der Waals surface area (Å²) in [4.78, 5) is 10.8. The lowest BCUT2D eigenvalue weighted by atomic mass is 9.99. The van der Waals surface area contributed by atoms with E-state index in [4.69, 9.17) is 11.6 Å². The lowest BCUT2D eigenvalue weighted by Crippen LogP contribution is -2.26. The Hall–Kier alpha value is -1.40. The SMILES string of the molecule is CC(C)c1cnc(N2CC[C@@H](S(C)(=O)=O)C2)c2cnc(Cl)cc12. The molecule has 2 aromatic heterocycles. The van der Waals surface area contributed by atoms with Crippen LogP contribution in [0.15, 0.2) is 18.5 Å². The molecule has 0 saturated carbocycles. The zero-order valence-electron chi connectivity index (χ0n) is 13.5. The topological polar surface area (TPSA) is 63.2 Å². The van der Waals surface area contributed by atoms with E-state index < -0.39 is 9.84 Å². The molecule has 7 heteroatoms. The first-order valence-electron chi connectivity index (χ1n) is 7.65. The number of nitrogens with zero attached hydrogens (tertiary/aromatic N) is 3. The molecule has 0 N–H and O–H groups in total. The highest BCUT2D eigenvalue weighted by Crippen LogP contribution is 2.33. The highest BCUT2D eigenvalue weighted by atomic mass is 35.5. The first-order chi connectivity index (χ1) is 10.8. The zero-order valence-corrected chi connectivity index (χ0v) is 15.0. The molecule has 124 valence electrons. The van der Waals surface area contributed by atoms with Gasteiger partial charge in [-0.25, -0.2) is 18.4 Å². The van der Waals surface area contributed by atoms with Crippen LogP contribution in [0.4, 0.5) is 5.82 Å². The summed E-state index contributed by atoms with van der Waals surface area (Å²) in [7, 11) is -3.03. The van der Waals surface area contributed by atoms with Gasteiger partial charge in [0, 0.05) is 37.1 Å². The van der Waals surface area contributed by atoms with Crippen LogP contribution >= 0.6 is 11.6 Å². The third-order valence-electron chi connectivity index (χ3n) is 4.42. The number of aromatic nitrogens is 2. The average molecular weight is 354 g/mol. The molecule has 1 saturated heterocycles. The van der Waals surface area contributed by atoms with E-state index in [1.807, 2.05) is 17.2 Å². The van der Waals surface area contributed by atoms with Gasteiger partial charge in [0.1, 0.15) is 11.0 Å². The van der Waals surface area contributed by atoms with Crippen molar-refractivity contribution in [1.82, 2.24) is 9.97 Å². The molecule has 0 aromatic carbocycles. The van der Waals surface area contributed by atoms with Gasteiger partial charge in [-0.15, -0.1) is 0 Å². The summed E-state index contributed by atoms with van der Waals surface area (Å²) in [6, 6.07) is 1.86. The van der Waals surface area contributed by atoms with E-state index in [1.54, 1.807) is 6.20 Å². The molecule has 1 atom stereocenters. The summed E-state index contributed by atoms with van der Waals surface area (Å²) in [5.41, 5.74) is 1.12. The molecule has 3 heterocycles. The van der Waals surface area contributed by atoms with Gasteiger partial charge in [-0.1, -0.05) is 25.4 Å². The van der Waals surface area contributed by atoms with Crippen molar-refractivity contribution in [3.63, 3.8) is 0 Å². The Morgan fingerprint density at radius 2 is 2.00 bits per heavy atom. The van der Waals surface area contributed by atoms with Crippen molar-refractivity contribution in [3.8, 4) is 0 Å². The lowest BCUT2D eigenvalue weighted by Gasteiger charge is -2.21. The second kappa shape index (κ2) is 5.91. The van der Waals surface area contributed by atoms with Crippen LogP contribution < -0.4 is 4.90 Å². The Morgan fingerprint density at radius 3 is 2.61 bits per heavy atom. The van der Waals surface area contributed by atoms with Crippen LogP contribution in [0.3, 0.4) is 0 Å². The van der Waals surface area contributed by atoms with Crippen molar-refractivity contribution in [3.05, 3.63) is 29.2 Å². The zero-order chi connectivity index (χ0) is 16.8. The highest BCUT2D eigenvalue weighted by molar-refractivity contribution is 7.91. The molecule has 1 aliphatic heterocycles. The van der Waals surface area contributed by atoms with Gasteiger partial charge >= 0.3 is 0 Å². The van der Waals surface area contributed by atoms with Crippen molar-refractivity contribution in [2.45, 2.75) is 31.4 Å². The minimum Gasteiger partial charge on any atom is -0.355 e. The van der Waals surface area contributed by atoms with E-state index in [1.165, 1.54) is 6.26 Å². The molecule has 0 spiro atoms. The molecule has 0 bridgehead atoms. The van der Waals surface area contributed by atoms with Crippen LogP contribution in [0, 0.1) is 0 Å². The van der Waals surface area contributed by atoms with E-state index in [2.05, 4.69) is 23.8 Å². The number of pyridine rings is 2. The Balaban J connectivity index is 2.08. The van der Waals surface area contributed by atoms with Gasteiger partial charge < -0.3 is 4.90 Å². The molecule has 0 radical (unpaired) electrons. The van der Waals surface area contributed by atoms with Gasteiger partial charge in [-0.3, -0.25) is 0 Å². The van der Waals surface area contributed by atoms with E-state index in [0.717, 1.165) is 22.2 Å². The maximum atomic E-state index is 11.8. The first-order valence-corrected chi connectivity index (χ1v) is 9.98. The van der Waals surface area contributed by atoms with Gasteiger partial charge in [-0.2, -0.15) is 0 Å². The predicted molar refractivity (Wildman–Crippen MR) is 94.1 cm³/mol. The number of hydrogen-bond donors (Lipinski definition) is 0. The summed E-state index contributed by atoms with van der Waals surface area (Å²) in [5.74, 6) is 1.11. The molecule has 3 rings (SSSR count). The minimum absolute atomic E-state index is 0.319. The third kappa shape index (κ3) is 3.15. The maximum absolute atomic E-state index is 11.8. The van der Waals surface area contributed by atoms with Gasteiger partial charge in [0.25, 0.3) is 0 Å². The fourth-order valence-corrected chi connectivity index (χ4v) is 4.24. The molecule has 0 unspecified atom stereocenters. The van der Waals surface area contributed by atoms with Crippen LogP contribution in [0.1, 0.15) is 31.7 Å². The number of halogens is 1. The molecule has 0 aliphatic carbocycles. The van der Waals surface area contributed by atoms with Crippen molar-refractivity contribution >= 4 is 38.0 Å². The van der Waals surface area contributed by atoms with Gasteiger partial charge in [0.15, 0.2) is 9.84 Å². The Kier molecular flexibility index (Phi) is 4.23. The summed E-state index contributed by atoms with van der Waals surface area (Å²) < 4.78 is 23.6. The van der Waals surface area contributed by atoms with E-state index in [9.17, 15) is 8.42 Å². The fourth-order valence-electron chi connectivity index (χ4n) is 3.10. The van der Waals surface area contributed by atoms with Crippen LogP contribution in [0.2, 0.25) is 5.15 Å². The first kappa shape index (κ1) is 16.5. The van der Waals surface area contributed by atoms with Crippen LogP contribution in [-0.2, 0) is 9.84 Å².